The van der Waals surface area contributed by atoms with Crippen molar-refractivity contribution >= 4 is 5.71 Å². The molecule has 1 heterocycles. The first-order chi connectivity index (χ1) is 5.24. The van der Waals surface area contributed by atoms with E-state index in [9.17, 15) is 0 Å². The van der Waals surface area contributed by atoms with Gasteiger partial charge in [-0.15, -0.1) is 0 Å². The fourth-order valence-electron chi connectivity index (χ4n) is 1.26. The minimum atomic E-state index is -0.125. The lowest BCUT2D eigenvalue weighted by Crippen LogP contribution is -2.18. The van der Waals surface area contributed by atoms with Gasteiger partial charge in [0, 0.05) is 12.3 Å². The van der Waals surface area contributed by atoms with E-state index in [0.717, 1.165) is 25.9 Å². The summed E-state index contributed by atoms with van der Waals surface area (Å²) in [6.45, 7) is 1.87. The second-order valence-electron chi connectivity index (χ2n) is 3.05. The van der Waals surface area contributed by atoms with Crippen LogP contribution in [-0.4, -0.2) is 30.7 Å². The van der Waals surface area contributed by atoms with E-state index in [2.05, 4.69) is 11.0 Å². The average molecular weight is 151 g/mol. The average Bonchev–Trinajstić information content (AvgIpc) is 2.15. The minimum absolute atomic E-state index is 0.125. The van der Waals surface area contributed by atoms with Crippen LogP contribution in [0.2, 0.25) is 0 Å². The van der Waals surface area contributed by atoms with Crippen molar-refractivity contribution in [3.05, 3.63) is 0 Å². The number of nitriles is 1. The highest BCUT2D eigenvalue weighted by atomic mass is 15.1. The van der Waals surface area contributed by atoms with Gasteiger partial charge in [0.25, 0.3) is 0 Å². The van der Waals surface area contributed by atoms with Crippen molar-refractivity contribution in [1.82, 2.24) is 4.90 Å². The maximum absolute atomic E-state index is 8.66. The van der Waals surface area contributed by atoms with Crippen LogP contribution in [0.15, 0.2) is 0 Å². The number of nitrogens with one attached hydrogen (secondary N) is 1. The zero-order valence-electron chi connectivity index (χ0n) is 6.80. The second-order valence-corrected chi connectivity index (χ2v) is 3.05. The lowest BCUT2D eigenvalue weighted by molar-refractivity contribution is 0.347. The monoisotopic (exact) mass is 151 g/mol. The molecule has 1 unspecified atom stereocenters. The van der Waals surface area contributed by atoms with E-state index in [1.165, 1.54) is 0 Å². The van der Waals surface area contributed by atoms with E-state index in [-0.39, 0.29) is 5.92 Å². The molecule has 3 nitrogen and oxygen atoms in total. The molecule has 1 rings (SSSR count). The Morgan fingerprint density at radius 1 is 1.64 bits per heavy atom. The smallest absolute Gasteiger partial charge is 0.0851 e. The van der Waals surface area contributed by atoms with E-state index < -0.39 is 0 Å². The Bertz CT molecular complexity index is 192. The molecular weight excluding hydrogens is 138 g/mol. The predicted octanol–water partition coefficient (Wildman–Crippen LogP) is 0.872. The van der Waals surface area contributed by atoms with Gasteiger partial charge in [0.2, 0.25) is 0 Å². The molecule has 1 N–H and O–H groups in total. The van der Waals surface area contributed by atoms with Crippen molar-refractivity contribution in [2.45, 2.75) is 12.8 Å². The third-order valence-electron chi connectivity index (χ3n) is 2.14. The number of rotatable bonds is 0. The Balaban J connectivity index is 2.57. The van der Waals surface area contributed by atoms with Crippen molar-refractivity contribution < 1.29 is 0 Å². The zero-order valence-corrected chi connectivity index (χ0v) is 6.80. The molecule has 1 aliphatic rings. The molecule has 0 aromatic carbocycles. The van der Waals surface area contributed by atoms with Crippen LogP contribution in [0.5, 0.6) is 0 Å². The first-order valence-corrected chi connectivity index (χ1v) is 3.89. The maximum Gasteiger partial charge on any atom is 0.0851 e. The van der Waals surface area contributed by atoms with Gasteiger partial charge in [0.05, 0.1) is 12.0 Å². The summed E-state index contributed by atoms with van der Waals surface area (Å²) in [7, 11) is 2.03. The van der Waals surface area contributed by atoms with Crippen LogP contribution in [0, 0.1) is 22.7 Å². The first kappa shape index (κ1) is 8.22. The minimum Gasteiger partial charge on any atom is -0.308 e. The maximum atomic E-state index is 8.66. The fraction of sp³-hybridized carbons (Fsp3) is 0.750. The third-order valence-corrected chi connectivity index (χ3v) is 2.14. The normalized spacial score (nSPS) is 27.6. The van der Waals surface area contributed by atoms with E-state index in [0.29, 0.717) is 5.71 Å². The number of nitrogens with zero attached hydrogens (tertiary/aromatic N) is 2. The van der Waals surface area contributed by atoms with Gasteiger partial charge in [-0.25, -0.2) is 0 Å². The molecule has 11 heavy (non-hydrogen) atoms. The van der Waals surface area contributed by atoms with Crippen LogP contribution < -0.4 is 0 Å². The molecule has 0 radical (unpaired) electrons. The predicted molar refractivity (Wildman–Crippen MR) is 43.6 cm³/mol. The van der Waals surface area contributed by atoms with Crippen LogP contribution in [0.4, 0.5) is 0 Å². The van der Waals surface area contributed by atoms with Crippen molar-refractivity contribution in [3.63, 3.8) is 0 Å². The Morgan fingerprint density at radius 2 is 2.36 bits per heavy atom. The van der Waals surface area contributed by atoms with Crippen LogP contribution in [0.25, 0.3) is 0 Å². The van der Waals surface area contributed by atoms with Gasteiger partial charge < -0.3 is 10.3 Å². The van der Waals surface area contributed by atoms with Crippen molar-refractivity contribution in [3.8, 4) is 6.07 Å². The molecule has 1 saturated heterocycles. The number of likely N-dealkylation sites (tertiary alicyclic amines) is 1. The number of hydrogen-bond acceptors (Lipinski definition) is 3. The standard InChI is InChI=1S/C8H13N3/c1-11-4-2-7(6-9)8(10)3-5-11/h7,10H,2-5H2,1H3. The Hall–Kier alpha value is -0.880. The summed E-state index contributed by atoms with van der Waals surface area (Å²) >= 11 is 0. The molecule has 3 heteroatoms. The van der Waals surface area contributed by atoms with Gasteiger partial charge >= 0.3 is 0 Å². The molecule has 60 valence electrons. The zero-order chi connectivity index (χ0) is 8.27. The summed E-state index contributed by atoms with van der Waals surface area (Å²) in [6.07, 6.45) is 1.58. The van der Waals surface area contributed by atoms with Gasteiger partial charge in [0.1, 0.15) is 0 Å². The summed E-state index contributed by atoms with van der Waals surface area (Å²) in [4.78, 5) is 2.17. The largest absolute Gasteiger partial charge is 0.308 e. The Labute approximate surface area is 67.1 Å². The molecule has 0 aromatic heterocycles. The van der Waals surface area contributed by atoms with Crippen LogP contribution in [-0.2, 0) is 0 Å². The highest BCUT2D eigenvalue weighted by Crippen LogP contribution is 2.11. The molecule has 0 spiro atoms. The number of hydrogen-bond donors (Lipinski definition) is 1. The van der Waals surface area contributed by atoms with Gasteiger partial charge in [-0.1, -0.05) is 0 Å². The summed E-state index contributed by atoms with van der Waals surface area (Å²) in [5.41, 5.74) is 0.608. The van der Waals surface area contributed by atoms with Gasteiger partial charge in [-0.05, 0) is 26.4 Å². The van der Waals surface area contributed by atoms with Gasteiger partial charge in [-0.2, -0.15) is 5.26 Å². The topological polar surface area (TPSA) is 50.9 Å². The molecular formula is C8H13N3. The Kier molecular flexibility index (Phi) is 2.61. The van der Waals surface area contributed by atoms with E-state index in [4.69, 9.17) is 10.7 Å². The molecule has 0 aromatic rings. The van der Waals surface area contributed by atoms with Crippen molar-refractivity contribution in [2.24, 2.45) is 5.92 Å². The van der Waals surface area contributed by atoms with Crippen LogP contribution >= 0.6 is 0 Å². The molecule has 1 atom stereocenters. The highest BCUT2D eigenvalue weighted by Gasteiger charge is 2.18. The highest BCUT2D eigenvalue weighted by molar-refractivity contribution is 5.86. The van der Waals surface area contributed by atoms with E-state index in [1.54, 1.807) is 0 Å². The lowest BCUT2D eigenvalue weighted by atomic mass is 10.0. The summed E-state index contributed by atoms with van der Waals surface area (Å²) in [5.74, 6) is -0.125. The van der Waals surface area contributed by atoms with E-state index in [1.807, 2.05) is 7.05 Å². The molecule has 1 aliphatic heterocycles. The molecule has 1 fully saturated rings. The van der Waals surface area contributed by atoms with Gasteiger partial charge in [0.15, 0.2) is 0 Å². The summed E-state index contributed by atoms with van der Waals surface area (Å²) < 4.78 is 0. The Morgan fingerprint density at radius 3 is 3.00 bits per heavy atom. The molecule has 0 amide bonds. The van der Waals surface area contributed by atoms with E-state index >= 15 is 0 Å². The third kappa shape index (κ3) is 2.02. The molecule has 0 saturated carbocycles. The lowest BCUT2D eigenvalue weighted by Gasteiger charge is -2.10. The molecule has 0 aliphatic carbocycles. The van der Waals surface area contributed by atoms with Crippen LogP contribution in [0.1, 0.15) is 12.8 Å². The SMILES string of the molecule is CN1CCC(=N)C(C#N)CC1. The first-order valence-electron chi connectivity index (χ1n) is 3.89. The molecule has 0 bridgehead atoms. The van der Waals surface area contributed by atoms with Gasteiger partial charge in [-0.3, -0.25) is 0 Å². The van der Waals surface area contributed by atoms with Crippen molar-refractivity contribution in [1.29, 1.82) is 10.7 Å². The van der Waals surface area contributed by atoms with Crippen molar-refractivity contribution in [2.75, 3.05) is 20.1 Å². The quantitative estimate of drug-likeness (QED) is 0.558. The van der Waals surface area contributed by atoms with Crippen LogP contribution in [0.3, 0.4) is 0 Å². The second kappa shape index (κ2) is 3.49. The summed E-state index contributed by atoms with van der Waals surface area (Å²) in [5, 5.41) is 16.2. The fourth-order valence-corrected chi connectivity index (χ4v) is 1.26. The summed E-state index contributed by atoms with van der Waals surface area (Å²) in [6, 6.07) is 2.16.